The normalized spacial score (nSPS) is 17.2. The molecule has 0 fully saturated rings. The zero-order valence-electron chi connectivity index (χ0n) is 12.1. The second kappa shape index (κ2) is 4.86. The molecule has 0 aliphatic carbocycles. The van der Waals surface area contributed by atoms with E-state index in [1.54, 1.807) is 0 Å². The molecule has 1 aromatic carbocycles. The van der Waals surface area contributed by atoms with Crippen molar-refractivity contribution in [2.75, 3.05) is 20.1 Å². The fourth-order valence-electron chi connectivity index (χ4n) is 2.83. The van der Waals surface area contributed by atoms with E-state index in [1.165, 1.54) is 22.0 Å². The third-order valence-corrected chi connectivity index (χ3v) is 4.06. The topological polar surface area (TPSA) is 8.17 Å². The van der Waals surface area contributed by atoms with Crippen molar-refractivity contribution >= 4 is 16.5 Å². The molecule has 1 aliphatic heterocycles. The zero-order chi connectivity index (χ0) is 13.4. The molecule has 0 saturated heterocycles. The van der Waals surface area contributed by atoms with Crippen LogP contribution < -0.4 is 0 Å². The van der Waals surface area contributed by atoms with Crippen molar-refractivity contribution in [1.82, 2.24) is 9.47 Å². The van der Waals surface area contributed by atoms with Crippen LogP contribution in [-0.2, 0) is 0 Å². The Morgan fingerprint density at radius 3 is 2.68 bits per heavy atom. The van der Waals surface area contributed by atoms with Gasteiger partial charge in [-0.05, 0) is 56.0 Å². The summed E-state index contributed by atoms with van der Waals surface area (Å²) in [6.07, 6.45) is 5.72. The van der Waals surface area contributed by atoms with Crippen molar-refractivity contribution in [3.05, 3.63) is 42.1 Å². The van der Waals surface area contributed by atoms with Crippen LogP contribution in [0.2, 0.25) is 0 Å². The Kier molecular flexibility index (Phi) is 3.19. The molecule has 19 heavy (non-hydrogen) atoms. The number of nitrogens with zero attached hydrogens (tertiary/aromatic N) is 2. The van der Waals surface area contributed by atoms with Crippen LogP contribution in [0.1, 0.15) is 31.9 Å². The van der Waals surface area contributed by atoms with Crippen LogP contribution in [-0.4, -0.2) is 29.6 Å². The SMILES string of the molecule is CC(C)n1ccc2ccc(C3=CCN(C)CC3)cc21. The van der Waals surface area contributed by atoms with Crippen LogP contribution in [0.25, 0.3) is 16.5 Å². The third kappa shape index (κ3) is 2.33. The van der Waals surface area contributed by atoms with Crippen molar-refractivity contribution in [3.63, 3.8) is 0 Å². The molecule has 0 saturated carbocycles. The maximum Gasteiger partial charge on any atom is 0.0488 e. The first kappa shape index (κ1) is 12.5. The van der Waals surface area contributed by atoms with E-state index >= 15 is 0 Å². The maximum atomic E-state index is 2.37. The van der Waals surface area contributed by atoms with Gasteiger partial charge in [0.15, 0.2) is 0 Å². The highest BCUT2D eigenvalue weighted by molar-refractivity contribution is 5.84. The molecule has 0 unspecified atom stereocenters. The van der Waals surface area contributed by atoms with E-state index in [0.717, 1.165) is 19.5 Å². The van der Waals surface area contributed by atoms with Crippen LogP contribution in [0.3, 0.4) is 0 Å². The summed E-state index contributed by atoms with van der Waals surface area (Å²) in [4.78, 5) is 2.36. The van der Waals surface area contributed by atoms with Crippen molar-refractivity contribution in [3.8, 4) is 0 Å². The molecule has 0 amide bonds. The highest BCUT2D eigenvalue weighted by Crippen LogP contribution is 2.27. The molecule has 2 aromatic rings. The summed E-state index contributed by atoms with van der Waals surface area (Å²) in [6, 6.07) is 9.60. The minimum Gasteiger partial charge on any atom is -0.345 e. The zero-order valence-corrected chi connectivity index (χ0v) is 12.1. The van der Waals surface area contributed by atoms with Crippen molar-refractivity contribution in [1.29, 1.82) is 0 Å². The summed E-state index contributed by atoms with van der Waals surface area (Å²) in [6.45, 7) is 6.70. The van der Waals surface area contributed by atoms with Gasteiger partial charge in [-0.1, -0.05) is 18.2 Å². The number of hydrogen-bond acceptors (Lipinski definition) is 1. The highest BCUT2D eigenvalue weighted by atomic mass is 15.1. The van der Waals surface area contributed by atoms with Gasteiger partial charge in [0.25, 0.3) is 0 Å². The van der Waals surface area contributed by atoms with Crippen molar-refractivity contribution in [2.24, 2.45) is 0 Å². The van der Waals surface area contributed by atoms with Crippen molar-refractivity contribution in [2.45, 2.75) is 26.3 Å². The molecule has 100 valence electrons. The van der Waals surface area contributed by atoms with Gasteiger partial charge in [-0.25, -0.2) is 0 Å². The van der Waals surface area contributed by atoms with E-state index in [-0.39, 0.29) is 0 Å². The maximum absolute atomic E-state index is 2.37. The molecular weight excluding hydrogens is 232 g/mol. The molecule has 0 bridgehead atoms. The number of benzene rings is 1. The molecule has 2 heteroatoms. The lowest BCUT2D eigenvalue weighted by atomic mass is 9.99. The van der Waals surface area contributed by atoms with E-state index in [2.05, 4.69) is 66.9 Å². The van der Waals surface area contributed by atoms with Gasteiger partial charge in [-0.3, -0.25) is 0 Å². The summed E-state index contributed by atoms with van der Waals surface area (Å²) in [7, 11) is 2.18. The third-order valence-electron chi connectivity index (χ3n) is 4.06. The Bertz CT molecular complexity index is 619. The average molecular weight is 254 g/mol. The first-order valence-corrected chi connectivity index (χ1v) is 7.13. The summed E-state index contributed by atoms with van der Waals surface area (Å²) in [5.41, 5.74) is 4.24. The van der Waals surface area contributed by atoms with Gasteiger partial charge in [0.05, 0.1) is 0 Å². The van der Waals surface area contributed by atoms with E-state index in [0.29, 0.717) is 6.04 Å². The average Bonchev–Trinajstić information content (AvgIpc) is 2.82. The van der Waals surface area contributed by atoms with E-state index in [4.69, 9.17) is 0 Å². The Morgan fingerprint density at radius 2 is 2.00 bits per heavy atom. The fraction of sp³-hybridized carbons (Fsp3) is 0.412. The number of hydrogen-bond donors (Lipinski definition) is 0. The Morgan fingerprint density at radius 1 is 1.16 bits per heavy atom. The van der Waals surface area contributed by atoms with Gasteiger partial charge in [0.1, 0.15) is 0 Å². The van der Waals surface area contributed by atoms with E-state index in [9.17, 15) is 0 Å². The lowest BCUT2D eigenvalue weighted by molar-refractivity contribution is 0.370. The van der Waals surface area contributed by atoms with E-state index < -0.39 is 0 Å². The molecule has 2 nitrogen and oxygen atoms in total. The summed E-state index contributed by atoms with van der Waals surface area (Å²) in [5, 5.41) is 1.34. The molecule has 3 rings (SSSR count). The first-order chi connectivity index (χ1) is 9.15. The van der Waals surface area contributed by atoms with Gasteiger partial charge >= 0.3 is 0 Å². The monoisotopic (exact) mass is 254 g/mol. The van der Waals surface area contributed by atoms with Gasteiger partial charge < -0.3 is 9.47 Å². The Hall–Kier alpha value is -1.54. The lowest BCUT2D eigenvalue weighted by Crippen LogP contribution is -2.23. The highest BCUT2D eigenvalue weighted by Gasteiger charge is 2.11. The minimum absolute atomic E-state index is 0.513. The van der Waals surface area contributed by atoms with Crippen LogP contribution in [0.15, 0.2) is 36.5 Å². The number of rotatable bonds is 2. The summed E-state index contributed by atoms with van der Waals surface area (Å²) >= 11 is 0. The predicted octanol–water partition coefficient (Wildman–Crippen LogP) is 3.94. The Labute approximate surface area is 115 Å². The first-order valence-electron chi connectivity index (χ1n) is 7.13. The van der Waals surface area contributed by atoms with Gasteiger partial charge in [0, 0.05) is 30.8 Å². The second-order valence-corrected chi connectivity index (χ2v) is 5.83. The molecule has 2 heterocycles. The molecular formula is C17H22N2. The van der Waals surface area contributed by atoms with E-state index in [1.807, 2.05) is 0 Å². The fourth-order valence-corrected chi connectivity index (χ4v) is 2.83. The van der Waals surface area contributed by atoms with Gasteiger partial charge in [-0.2, -0.15) is 0 Å². The number of aromatic nitrogens is 1. The molecule has 0 N–H and O–H groups in total. The quantitative estimate of drug-likeness (QED) is 0.788. The van der Waals surface area contributed by atoms with Crippen LogP contribution in [0, 0.1) is 0 Å². The van der Waals surface area contributed by atoms with Gasteiger partial charge in [0.2, 0.25) is 0 Å². The molecule has 1 aromatic heterocycles. The van der Waals surface area contributed by atoms with Crippen LogP contribution in [0.4, 0.5) is 0 Å². The molecule has 0 spiro atoms. The Balaban J connectivity index is 2.03. The minimum atomic E-state index is 0.513. The summed E-state index contributed by atoms with van der Waals surface area (Å²) in [5.74, 6) is 0. The second-order valence-electron chi connectivity index (χ2n) is 5.83. The number of likely N-dealkylation sites (N-methyl/N-ethyl adjacent to an activating group) is 1. The molecule has 1 aliphatic rings. The smallest absolute Gasteiger partial charge is 0.0488 e. The standard InChI is InChI=1S/C17H22N2/c1-13(2)19-11-8-15-4-5-16(12-17(15)19)14-6-9-18(3)10-7-14/h4-6,8,11-13H,7,9-10H2,1-3H3. The van der Waals surface area contributed by atoms with Crippen LogP contribution in [0.5, 0.6) is 0 Å². The molecule has 0 radical (unpaired) electrons. The van der Waals surface area contributed by atoms with Crippen molar-refractivity contribution < 1.29 is 0 Å². The predicted molar refractivity (Wildman–Crippen MR) is 82.4 cm³/mol. The largest absolute Gasteiger partial charge is 0.345 e. The number of fused-ring (bicyclic) bond motifs is 1. The van der Waals surface area contributed by atoms with Crippen LogP contribution >= 0.6 is 0 Å². The summed E-state index contributed by atoms with van der Waals surface area (Å²) < 4.78 is 2.36. The van der Waals surface area contributed by atoms with Gasteiger partial charge in [-0.15, -0.1) is 0 Å². The lowest BCUT2D eigenvalue weighted by Gasteiger charge is -2.22. The molecule has 0 atom stereocenters.